The zero-order chi connectivity index (χ0) is 7.66. The van der Waals surface area contributed by atoms with E-state index in [0.717, 1.165) is 26.2 Å². The lowest BCUT2D eigenvalue weighted by atomic mass is 10.4. The fraction of sp³-hybridized carbons (Fsp3) is 1.00. The van der Waals surface area contributed by atoms with E-state index in [9.17, 15) is 0 Å². The Morgan fingerprint density at radius 1 is 1.20 bits per heavy atom. The van der Waals surface area contributed by atoms with E-state index in [1.807, 2.05) is 7.05 Å². The minimum absolute atomic E-state index is 0.904. The maximum absolute atomic E-state index is 5.34. The molecule has 0 saturated carbocycles. The normalized spacial score (nSPS) is 10.2. The lowest BCUT2D eigenvalue weighted by molar-refractivity contribution is 0.129. The first-order chi connectivity index (χ1) is 4.91. The van der Waals surface area contributed by atoms with Crippen molar-refractivity contribution in [1.82, 2.24) is 5.32 Å². The van der Waals surface area contributed by atoms with Gasteiger partial charge in [-0.05, 0) is 26.4 Å². The predicted octanol–water partition coefficient (Wildman–Crippen LogP) is 1.41. The Morgan fingerprint density at radius 3 is 2.50 bits per heavy atom. The molecule has 1 N–H and O–H groups in total. The van der Waals surface area contributed by atoms with E-state index in [-0.39, 0.29) is 0 Å². The summed E-state index contributed by atoms with van der Waals surface area (Å²) in [7, 11) is 1.96. The molecule has 0 unspecified atom stereocenters. The molecule has 0 heterocycles. The minimum Gasteiger partial charge on any atom is -0.381 e. The van der Waals surface area contributed by atoms with Gasteiger partial charge in [0.15, 0.2) is 0 Å². The van der Waals surface area contributed by atoms with Gasteiger partial charge in [0.1, 0.15) is 0 Å². The molecule has 0 aliphatic heterocycles. The first kappa shape index (κ1) is 9.92. The van der Waals surface area contributed by atoms with Gasteiger partial charge in [-0.2, -0.15) is 0 Å². The van der Waals surface area contributed by atoms with Crippen LogP contribution in [0.1, 0.15) is 26.2 Å². The lowest BCUT2D eigenvalue weighted by Gasteiger charge is -2.01. The Bertz CT molecular complexity index is 49.2. The minimum atomic E-state index is 0.904. The predicted molar refractivity (Wildman–Crippen MR) is 44.3 cm³/mol. The van der Waals surface area contributed by atoms with E-state index in [1.165, 1.54) is 12.8 Å². The number of rotatable bonds is 7. The molecule has 0 aromatic heterocycles. The highest BCUT2D eigenvalue weighted by atomic mass is 16.5. The second kappa shape index (κ2) is 8.92. The van der Waals surface area contributed by atoms with Gasteiger partial charge in [0, 0.05) is 13.2 Å². The molecule has 0 radical (unpaired) electrons. The van der Waals surface area contributed by atoms with Crippen LogP contribution in [-0.2, 0) is 4.74 Å². The second-order valence-electron chi connectivity index (χ2n) is 2.42. The third kappa shape index (κ3) is 7.92. The van der Waals surface area contributed by atoms with E-state index >= 15 is 0 Å². The van der Waals surface area contributed by atoms with Crippen LogP contribution >= 0.6 is 0 Å². The van der Waals surface area contributed by atoms with Crippen molar-refractivity contribution in [2.75, 3.05) is 26.8 Å². The van der Waals surface area contributed by atoms with Crippen LogP contribution in [0.25, 0.3) is 0 Å². The molecular weight excluding hydrogens is 126 g/mol. The molecule has 0 spiro atoms. The first-order valence-corrected chi connectivity index (χ1v) is 4.14. The second-order valence-corrected chi connectivity index (χ2v) is 2.42. The molecular formula is C8H19NO. The summed E-state index contributed by atoms with van der Waals surface area (Å²) in [5, 5.41) is 3.08. The highest BCUT2D eigenvalue weighted by Gasteiger charge is 1.86. The van der Waals surface area contributed by atoms with Gasteiger partial charge < -0.3 is 10.1 Å². The molecule has 0 aromatic rings. The average molecular weight is 145 g/mol. The van der Waals surface area contributed by atoms with E-state index < -0.39 is 0 Å². The van der Waals surface area contributed by atoms with Crippen LogP contribution in [0.2, 0.25) is 0 Å². The van der Waals surface area contributed by atoms with Crippen LogP contribution in [0, 0.1) is 0 Å². The van der Waals surface area contributed by atoms with E-state index in [1.54, 1.807) is 0 Å². The zero-order valence-electron chi connectivity index (χ0n) is 7.15. The van der Waals surface area contributed by atoms with Crippen molar-refractivity contribution in [3.05, 3.63) is 0 Å². The molecule has 0 bridgehead atoms. The van der Waals surface area contributed by atoms with Crippen LogP contribution in [-0.4, -0.2) is 26.8 Å². The number of hydrogen-bond acceptors (Lipinski definition) is 2. The molecule has 2 nitrogen and oxygen atoms in total. The first-order valence-electron chi connectivity index (χ1n) is 4.14. The van der Waals surface area contributed by atoms with Gasteiger partial charge in [-0.15, -0.1) is 0 Å². The Morgan fingerprint density at radius 2 is 1.90 bits per heavy atom. The monoisotopic (exact) mass is 145 g/mol. The van der Waals surface area contributed by atoms with Crippen LogP contribution in [0.4, 0.5) is 0 Å². The number of nitrogens with one attached hydrogen (secondary N) is 1. The molecule has 0 amide bonds. The summed E-state index contributed by atoms with van der Waals surface area (Å²) in [5.74, 6) is 0. The van der Waals surface area contributed by atoms with Gasteiger partial charge >= 0.3 is 0 Å². The lowest BCUT2D eigenvalue weighted by Crippen LogP contribution is -2.10. The van der Waals surface area contributed by atoms with Crippen molar-refractivity contribution in [1.29, 1.82) is 0 Å². The summed E-state index contributed by atoms with van der Waals surface area (Å²) in [6.07, 6.45) is 3.55. The van der Waals surface area contributed by atoms with Crippen molar-refractivity contribution in [3.8, 4) is 0 Å². The summed E-state index contributed by atoms with van der Waals surface area (Å²) in [4.78, 5) is 0. The maximum atomic E-state index is 5.34. The van der Waals surface area contributed by atoms with E-state index in [4.69, 9.17) is 4.74 Å². The Kier molecular flexibility index (Phi) is 8.85. The van der Waals surface area contributed by atoms with Gasteiger partial charge in [-0.1, -0.05) is 13.3 Å². The molecule has 0 aliphatic carbocycles. The molecule has 2 heteroatoms. The highest BCUT2D eigenvalue weighted by molar-refractivity contribution is 4.39. The average Bonchev–Trinajstić information content (AvgIpc) is 1.97. The topological polar surface area (TPSA) is 21.3 Å². The van der Waals surface area contributed by atoms with Crippen LogP contribution < -0.4 is 5.32 Å². The third-order valence-electron chi connectivity index (χ3n) is 1.36. The fourth-order valence-electron chi connectivity index (χ4n) is 0.699. The van der Waals surface area contributed by atoms with Gasteiger partial charge in [0.05, 0.1) is 0 Å². The number of ether oxygens (including phenoxy) is 1. The summed E-state index contributed by atoms with van der Waals surface area (Å²) >= 11 is 0. The highest BCUT2D eigenvalue weighted by Crippen LogP contribution is 1.88. The van der Waals surface area contributed by atoms with Crippen molar-refractivity contribution in [2.24, 2.45) is 0 Å². The fourth-order valence-corrected chi connectivity index (χ4v) is 0.699. The van der Waals surface area contributed by atoms with Crippen LogP contribution in [0.15, 0.2) is 0 Å². The summed E-state index contributed by atoms with van der Waals surface area (Å²) in [5.41, 5.74) is 0. The quantitative estimate of drug-likeness (QED) is 0.547. The molecule has 62 valence electrons. The smallest absolute Gasteiger partial charge is 0.0478 e. The third-order valence-corrected chi connectivity index (χ3v) is 1.36. The Labute approximate surface area is 64.0 Å². The van der Waals surface area contributed by atoms with Crippen molar-refractivity contribution in [2.45, 2.75) is 26.2 Å². The molecule has 0 aliphatic rings. The van der Waals surface area contributed by atoms with Crippen molar-refractivity contribution < 1.29 is 4.74 Å². The summed E-state index contributed by atoms with van der Waals surface area (Å²) in [6.45, 7) is 5.07. The molecule has 0 saturated heterocycles. The molecule has 10 heavy (non-hydrogen) atoms. The van der Waals surface area contributed by atoms with Gasteiger partial charge in [0.2, 0.25) is 0 Å². The van der Waals surface area contributed by atoms with E-state index in [0.29, 0.717) is 0 Å². The molecule has 0 rings (SSSR count). The summed E-state index contributed by atoms with van der Waals surface area (Å²) < 4.78 is 5.34. The van der Waals surface area contributed by atoms with Gasteiger partial charge in [0.25, 0.3) is 0 Å². The Balaban J connectivity index is 2.65. The summed E-state index contributed by atoms with van der Waals surface area (Å²) in [6, 6.07) is 0. The number of unbranched alkanes of at least 4 members (excludes halogenated alkanes) is 1. The van der Waals surface area contributed by atoms with Crippen molar-refractivity contribution in [3.63, 3.8) is 0 Å². The maximum Gasteiger partial charge on any atom is 0.0478 e. The molecule has 0 fully saturated rings. The Hall–Kier alpha value is -0.0800. The van der Waals surface area contributed by atoms with Crippen molar-refractivity contribution >= 4 is 0 Å². The SMILES string of the molecule is CCCCOCCCNC. The molecule has 0 aromatic carbocycles. The van der Waals surface area contributed by atoms with E-state index in [2.05, 4.69) is 12.2 Å². The van der Waals surface area contributed by atoms with Crippen LogP contribution in [0.3, 0.4) is 0 Å². The van der Waals surface area contributed by atoms with Crippen LogP contribution in [0.5, 0.6) is 0 Å². The molecule has 0 atom stereocenters. The zero-order valence-corrected chi connectivity index (χ0v) is 7.15. The van der Waals surface area contributed by atoms with Gasteiger partial charge in [-0.3, -0.25) is 0 Å². The largest absolute Gasteiger partial charge is 0.381 e. The standard InChI is InChI=1S/C8H19NO/c1-3-4-7-10-8-5-6-9-2/h9H,3-8H2,1-2H3. The number of hydrogen-bond donors (Lipinski definition) is 1. The van der Waals surface area contributed by atoms with Gasteiger partial charge in [-0.25, -0.2) is 0 Å².